The van der Waals surface area contributed by atoms with E-state index >= 15 is 0 Å². The molecule has 4 rings (SSSR count). The van der Waals surface area contributed by atoms with Crippen LogP contribution in [0.1, 0.15) is 21.6 Å². The SMILES string of the molecule is Nc1ncc2c(n1)CN(C(=O)c1ccc(-c3cccs3)cc1)CC2. The highest BCUT2D eigenvalue weighted by molar-refractivity contribution is 7.13. The minimum Gasteiger partial charge on any atom is -0.368 e. The molecule has 5 nitrogen and oxygen atoms in total. The van der Waals surface area contributed by atoms with Gasteiger partial charge in [-0.2, -0.15) is 0 Å². The molecule has 1 amide bonds. The molecule has 0 spiro atoms. The number of nitrogen functional groups attached to an aromatic ring is 1. The first-order valence-corrected chi connectivity index (χ1v) is 8.62. The van der Waals surface area contributed by atoms with E-state index in [1.165, 1.54) is 4.88 Å². The van der Waals surface area contributed by atoms with Crippen molar-refractivity contribution in [1.82, 2.24) is 14.9 Å². The van der Waals surface area contributed by atoms with Gasteiger partial charge in [0.25, 0.3) is 5.91 Å². The highest BCUT2D eigenvalue weighted by Gasteiger charge is 2.23. The summed E-state index contributed by atoms with van der Waals surface area (Å²) in [7, 11) is 0. The number of anilines is 1. The molecule has 6 heteroatoms. The van der Waals surface area contributed by atoms with E-state index < -0.39 is 0 Å². The van der Waals surface area contributed by atoms with E-state index in [0.717, 1.165) is 23.2 Å². The van der Waals surface area contributed by atoms with Crippen molar-refractivity contribution in [3.8, 4) is 10.4 Å². The van der Waals surface area contributed by atoms with E-state index in [0.29, 0.717) is 18.7 Å². The molecule has 1 aliphatic rings. The van der Waals surface area contributed by atoms with Crippen molar-refractivity contribution < 1.29 is 4.79 Å². The number of benzene rings is 1. The average molecular weight is 336 g/mol. The molecule has 3 heterocycles. The number of nitrogens with two attached hydrogens (primary N) is 1. The van der Waals surface area contributed by atoms with Crippen molar-refractivity contribution >= 4 is 23.2 Å². The number of nitrogens with zero attached hydrogens (tertiary/aromatic N) is 3. The van der Waals surface area contributed by atoms with Crippen LogP contribution in [0.25, 0.3) is 10.4 Å². The molecular formula is C18H16N4OS. The summed E-state index contributed by atoms with van der Waals surface area (Å²) in [6.45, 7) is 1.15. The number of fused-ring (bicyclic) bond motifs is 1. The summed E-state index contributed by atoms with van der Waals surface area (Å²) in [6.07, 6.45) is 2.52. The first-order valence-electron chi connectivity index (χ1n) is 7.74. The van der Waals surface area contributed by atoms with Crippen LogP contribution in [-0.2, 0) is 13.0 Å². The lowest BCUT2D eigenvalue weighted by Gasteiger charge is -2.28. The van der Waals surface area contributed by atoms with Gasteiger partial charge in [-0.05, 0) is 41.1 Å². The molecular weight excluding hydrogens is 320 g/mol. The quantitative estimate of drug-likeness (QED) is 0.781. The number of aromatic nitrogens is 2. The van der Waals surface area contributed by atoms with Crippen LogP contribution >= 0.6 is 11.3 Å². The molecule has 1 aromatic carbocycles. The van der Waals surface area contributed by atoms with Crippen LogP contribution in [-0.4, -0.2) is 27.3 Å². The Balaban J connectivity index is 1.54. The van der Waals surface area contributed by atoms with Crippen molar-refractivity contribution in [3.05, 3.63) is 64.8 Å². The van der Waals surface area contributed by atoms with Crippen molar-refractivity contribution in [2.75, 3.05) is 12.3 Å². The van der Waals surface area contributed by atoms with Gasteiger partial charge in [-0.1, -0.05) is 18.2 Å². The van der Waals surface area contributed by atoms with Gasteiger partial charge in [0.1, 0.15) is 0 Å². The van der Waals surface area contributed by atoms with Crippen LogP contribution in [0, 0.1) is 0 Å². The largest absolute Gasteiger partial charge is 0.368 e. The van der Waals surface area contributed by atoms with Gasteiger partial charge in [0, 0.05) is 23.2 Å². The van der Waals surface area contributed by atoms with Crippen molar-refractivity contribution in [2.45, 2.75) is 13.0 Å². The molecule has 1 aliphatic heterocycles. The Labute approximate surface area is 143 Å². The first-order chi connectivity index (χ1) is 11.7. The summed E-state index contributed by atoms with van der Waals surface area (Å²) in [5.74, 6) is 0.277. The van der Waals surface area contributed by atoms with Crippen molar-refractivity contribution in [1.29, 1.82) is 0 Å². The van der Waals surface area contributed by atoms with Gasteiger partial charge in [-0.25, -0.2) is 9.97 Å². The second kappa shape index (κ2) is 6.05. The zero-order valence-electron chi connectivity index (χ0n) is 13.0. The lowest BCUT2D eigenvalue weighted by Crippen LogP contribution is -2.36. The van der Waals surface area contributed by atoms with Crippen LogP contribution in [0.15, 0.2) is 48.0 Å². The number of rotatable bonds is 2. The number of thiophene rings is 1. The van der Waals surface area contributed by atoms with E-state index in [1.807, 2.05) is 40.6 Å². The van der Waals surface area contributed by atoms with Crippen LogP contribution < -0.4 is 5.73 Å². The Bertz CT molecular complexity index is 875. The fourth-order valence-corrected chi connectivity index (χ4v) is 3.63. The monoisotopic (exact) mass is 336 g/mol. The summed E-state index contributed by atoms with van der Waals surface area (Å²) in [5, 5.41) is 2.05. The van der Waals surface area contributed by atoms with Gasteiger partial charge in [0.05, 0.1) is 12.2 Å². The van der Waals surface area contributed by atoms with E-state index in [1.54, 1.807) is 17.5 Å². The summed E-state index contributed by atoms with van der Waals surface area (Å²) in [5.41, 5.74) is 9.39. The van der Waals surface area contributed by atoms with Crippen molar-refractivity contribution in [2.24, 2.45) is 0 Å². The topological polar surface area (TPSA) is 72.1 Å². The number of hydrogen-bond acceptors (Lipinski definition) is 5. The fraction of sp³-hybridized carbons (Fsp3) is 0.167. The third kappa shape index (κ3) is 2.76. The Morgan fingerprint density at radius 3 is 2.79 bits per heavy atom. The maximum Gasteiger partial charge on any atom is 0.254 e. The molecule has 0 saturated carbocycles. The number of carbonyl (C=O) groups is 1. The molecule has 24 heavy (non-hydrogen) atoms. The van der Waals surface area contributed by atoms with Gasteiger partial charge in [0.15, 0.2) is 0 Å². The van der Waals surface area contributed by atoms with Gasteiger partial charge < -0.3 is 10.6 Å². The molecule has 0 aliphatic carbocycles. The van der Waals surface area contributed by atoms with Gasteiger partial charge >= 0.3 is 0 Å². The average Bonchev–Trinajstić information content (AvgIpc) is 3.15. The van der Waals surface area contributed by atoms with E-state index in [-0.39, 0.29) is 11.9 Å². The predicted molar refractivity (Wildman–Crippen MR) is 94.6 cm³/mol. The molecule has 0 bridgehead atoms. The molecule has 120 valence electrons. The standard InChI is InChI=1S/C18H16N4OS/c19-18-20-10-14-7-8-22(11-15(14)21-18)17(23)13-5-3-12(4-6-13)16-2-1-9-24-16/h1-6,9-10H,7-8,11H2,(H2,19,20,21). The Kier molecular flexibility index (Phi) is 3.74. The van der Waals surface area contributed by atoms with E-state index in [9.17, 15) is 4.79 Å². The molecule has 0 unspecified atom stereocenters. The van der Waals surface area contributed by atoms with Crippen molar-refractivity contribution in [3.63, 3.8) is 0 Å². The fourth-order valence-electron chi connectivity index (χ4n) is 2.89. The second-order valence-corrected chi connectivity index (χ2v) is 6.68. The van der Waals surface area contributed by atoms with Gasteiger partial charge in [0.2, 0.25) is 5.95 Å². The molecule has 0 radical (unpaired) electrons. The first kappa shape index (κ1) is 14.8. The summed E-state index contributed by atoms with van der Waals surface area (Å²) < 4.78 is 0. The van der Waals surface area contributed by atoms with Crippen LogP contribution in [0.4, 0.5) is 5.95 Å². The molecule has 2 N–H and O–H groups in total. The number of amides is 1. The molecule has 2 aromatic heterocycles. The van der Waals surface area contributed by atoms with Crippen LogP contribution in [0.3, 0.4) is 0 Å². The Morgan fingerprint density at radius 1 is 1.21 bits per heavy atom. The zero-order chi connectivity index (χ0) is 16.5. The minimum absolute atomic E-state index is 0.0237. The third-order valence-corrected chi connectivity index (χ3v) is 5.11. The summed E-state index contributed by atoms with van der Waals surface area (Å²) in [4.78, 5) is 24.0. The predicted octanol–water partition coefficient (Wildman–Crippen LogP) is 2.99. The van der Waals surface area contributed by atoms with Gasteiger partial charge in [-0.15, -0.1) is 11.3 Å². The maximum absolute atomic E-state index is 12.7. The highest BCUT2D eigenvalue weighted by atomic mass is 32.1. The summed E-state index contributed by atoms with van der Waals surface area (Å²) >= 11 is 1.69. The lowest BCUT2D eigenvalue weighted by atomic mass is 10.0. The molecule has 0 fully saturated rings. The van der Waals surface area contributed by atoms with E-state index in [2.05, 4.69) is 16.0 Å². The number of hydrogen-bond donors (Lipinski definition) is 1. The molecule has 0 atom stereocenters. The molecule has 3 aromatic rings. The Hall–Kier alpha value is -2.73. The lowest BCUT2D eigenvalue weighted by molar-refractivity contribution is 0.0732. The molecule has 0 saturated heterocycles. The summed E-state index contributed by atoms with van der Waals surface area (Å²) in [6, 6.07) is 11.9. The van der Waals surface area contributed by atoms with Gasteiger partial charge in [-0.3, -0.25) is 4.79 Å². The maximum atomic E-state index is 12.7. The highest BCUT2D eigenvalue weighted by Crippen LogP contribution is 2.25. The number of carbonyl (C=O) groups excluding carboxylic acids is 1. The van der Waals surface area contributed by atoms with Crippen LogP contribution in [0.2, 0.25) is 0 Å². The minimum atomic E-state index is 0.0237. The smallest absolute Gasteiger partial charge is 0.254 e. The third-order valence-electron chi connectivity index (χ3n) is 4.19. The van der Waals surface area contributed by atoms with E-state index in [4.69, 9.17) is 5.73 Å². The zero-order valence-corrected chi connectivity index (χ0v) is 13.8. The Morgan fingerprint density at radius 2 is 2.04 bits per heavy atom. The normalized spacial score (nSPS) is 13.6. The van der Waals surface area contributed by atoms with Crippen LogP contribution in [0.5, 0.6) is 0 Å². The second-order valence-electron chi connectivity index (χ2n) is 5.73.